The fourth-order valence-corrected chi connectivity index (χ4v) is 2.23. The van der Waals surface area contributed by atoms with E-state index in [0.717, 1.165) is 18.0 Å². The Morgan fingerprint density at radius 3 is 2.64 bits per heavy atom. The number of aryl methyl sites for hydroxylation is 1. The Balaban J connectivity index is 2.66. The molecular formula is C11H20N2S. The van der Waals surface area contributed by atoms with Gasteiger partial charge >= 0.3 is 0 Å². The molecule has 3 heteroatoms. The van der Waals surface area contributed by atoms with Gasteiger partial charge in [-0.1, -0.05) is 20.8 Å². The van der Waals surface area contributed by atoms with Crippen molar-refractivity contribution in [1.82, 2.24) is 10.3 Å². The van der Waals surface area contributed by atoms with Crippen LogP contribution in [0, 0.1) is 12.8 Å². The predicted molar refractivity (Wildman–Crippen MR) is 62.7 cm³/mol. The molecule has 0 radical (unpaired) electrons. The summed E-state index contributed by atoms with van der Waals surface area (Å²) in [5, 5.41) is 6.82. The van der Waals surface area contributed by atoms with Crippen LogP contribution in [0.1, 0.15) is 43.9 Å². The molecule has 1 aromatic rings. The van der Waals surface area contributed by atoms with Crippen LogP contribution in [0.25, 0.3) is 0 Å². The molecule has 0 spiro atoms. The lowest BCUT2D eigenvalue weighted by molar-refractivity contribution is 0.432. The van der Waals surface area contributed by atoms with E-state index >= 15 is 0 Å². The number of nitrogens with zero attached hydrogens (tertiary/aromatic N) is 1. The van der Waals surface area contributed by atoms with Crippen LogP contribution in [0.3, 0.4) is 0 Å². The first kappa shape index (κ1) is 11.7. The second-order valence-corrected chi connectivity index (χ2v) is 5.09. The van der Waals surface area contributed by atoms with Gasteiger partial charge in [-0.3, -0.25) is 0 Å². The highest BCUT2D eigenvalue weighted by atomic mass is 32.1. The van der Waals surface area contributed by atoms with Gasteiger partial charge < -0.3 is 5.32 Å². The molecule has 0 bridgehead atoms. The van der Waals surface area contributed by atoms with Crippen molar-refractivity contribution in [1.29, 1.82) is 0 Å². The van der Waals surface area contributed by atoms with Crippen molar-refractivity contribution in [3.05, 3.63) is 16.1 Å². The smallest absolute Gasteiger partial charge is 0.0898 e. The van der Waals surface area contributed by atoms with E-state index in [9.17, 15) is 0 Å². The van der Waals surface area contributed by atoms with Crippen LogP contribution in [-0.4, -0.2) is 11.5 Å². The molecule has 1 atom stereocenters. The molecule has 0 aliphatic rings. The van der Waals surface area contributed by atoms with Crippen molar-refractivity contribution < 1.29 is 0 Å². The summed E-state index contributed by atoms with van der Waals surface area (Å²) in [6, 6.07) is 0.435. The zero-order valence-electron chi connectivity index (χ0n) is 9.50. The SMILES string of the molecule is CCNC(CC(C)C)c1csc(C)n1. The minimum atomic E-state index is 0.435. The van der Waals surface area contributed by atoms with E-state index in [1.54, 1.807) is 11.3 Å². The molecule has 0 saturated carbocycles. The van der Waals surface area contributed by atoms with Crippen LogP contribution in [0.4, 0.5) is 0 Å². The first-order valence-electron chi connectivity index (χ1n) is 5.28. The standard InChI is InChI=1S/C11H20N2S/c1-5-12-10(6-8(2)3)11-7-14-9(4)13-11/h7-8,10,12H,5-6H2,1-4H3. The third-order valence-electron chi connectivity index (χ3n) is 2.15. The summed E-state index contributed by atoms with van der Waals surface area (Å²) in [5.74, 6) is 0.709. The Morgan fingerprint density at radius 1 is 1.50 bits per heavy atom. The minimum absolute atomic E-state index is 0.435. The Kier molecular flexibility index (Phi) is 4.55. The van der Waals surface area contributed by atoms with Crippen molar-refractivity contribution in [3.63, 3.8) is 0 Å². The lowest BCUT2D eigenvalue weighted by Crippen LogP contribution is -2.22. The van der Waals surface area contributed by atoms with Gasteiger partial charge in [0.25, 0.3) is 0 Å². The summed E-state index contributed by atoms with van der Waals surface area (Å²) in [7, 11) is 0. The van der Waals surface area contributed by atoms with Crippen molar-refractivity contribution >= 4 is 11.3 Å². The molecule has 1 unspecified atom stereocenters. The van der Waals surface area contributed by atoms with Gasteiger partial charge in [0, 0.05) is 5.38 Å². The molecule has 80 valence electrons. The van der Waals surface area contributed by atoms with Gasteiger partial charge in [-0.15, -0.1) is 11.3 Å². The van der Waals surface area contributed by atoms with Gasteiger partial charge in [0.1, 0.15) is 0 Å². The first-order chi connectivity index (χ1) is 6.63. The monoisotopic (exact) mass is 212 g/mol. The minimum Gasteiger partial charge on any atom is -0.309 e. The van der Waals surface area contributed by atoms with E-state index in [2.05, 4.69) is 43.4 Å². The maximum atomic E-state index is 4.54. The van der Waals surface area contributed by atoms with Gasteiger partial charge in [0.15, 0.2) is 0 Å². The van der Waals surface area contributed by atoms with Crippen LogP contribution in [-0.2, 0) is 0 Å². The van der Waals surface area contributed by atoms with Gasteiger partial charge in [-0.2, -0.15) is 0 Å². The number of thiazole rings is 1. The molecule has 1 heterocycles. The number of nitrogens with one attached hydrogen (secondary N) is 1. The van der Waals surface area contributed by atoms with Gasteiger partial charge in [-0.25, -0.2) is 4.98 Å². The van der Waals surface area contributed by atoms with E-state index in [-0.39, 0.29) is 0 Å². The first-order valence-corrected chi connectivity index (χ1v) is 6.16. The lowest BCUT2D eigenvalue weighted by Gasteiger charge is -2.17. The average molecular weight is 212 g/mol. The molecule has 0 aliphatic heterocycles. The van der Waals surface area contributed by atoms with Crippen molar-refractivity contribution in [2.24, 2.45) is 5.92 Å². The third kappa shape index (κ3) is 3.39. The average Bonchev–Trinajstić information content (AvgIpc) is 2.50. The summed E-state index contributed by atoms with van der Waals surface area (Å²) in [6.45, 7) is 9.72. The maximum Gasteiger partial charge on any atom is 0.0898 e. The second-order valence-electron chi connectivity index (χ2n) is 4.03. The molecule has 1 rings (SSSR count). The van der Waals surface area contributed by atoms with E-state index in [0.29, 0.717) is 12.0 Å². The van der Waals surface area contributed by atoms with Gasteiger partial charge in [0.2, 0.25) is 0 Å². The van der Waals surface area contributed by atoms with Crippen molar-refractivity contribution in [3.8, 4) is 0 Å². The molecule has 0 aliphatic carbocycles. The largest absolute Gasteiger partial charge is 0.309 e. The second kappa shape index (κ2) is 5.47. The van der Waals surface area contributed by atoms with Crippen molar-refractivity contribution in [2.45, 2.75) is 40.2 Å². The Hall–Kier alpha value is -0.410. The molecule has 14 heavy (non-hydrogen) atoms. The molecule has 1 aromatic heterocycles. The summed E-state index contributed by atoms with van der Waals surface area (Å²) in [5.41, 5.74) is 1.21. The molecule has 2 nitrogen and oxygen atoms in total. The van der Waals surface area contributed by atoms with Crippen LogP contribution in [0.5, 0.6) is 0 Å². The number of rotatable bonds is 5. The molecule has 0 fully saturated rings. The van der Waals surface area contributed by atoms with Gasteiger partial charge in [0.05, 0.1) is 16.7 Å². The Labute approximate surface area is 90.8 Å². The third-order valence-corrected chi connectivity index (χ3v) is 2.94. The highest BCUT2D eigenvalue weighted by molar-refractivity contribution is 7.09. The van der Waals surface area contributed by atoms with E-state index in [4.69, 9.17) is 0 Å². The van der Waals surface area contributed by atoms with Crippen LogP contribution in [0.2, 0.25) is 0 Å². The van der Waals surface area contributed by atoms with Crippen LogP contribution < -0.4 is 5.32 Å². The summed E-state index contributed by atoms with van der Waals surface area (Å²) >= 11 is 1.73. The number of aromatic nitrogens is 1. The summed E-state index contributed by atoms with van der Waals surface area (Å²) in [6.07, 6.45) is 1.16. The highest BCUT2D eigenvalue weighted by Gasteiger charge is 2.14. The maximum absolute atomic E-state index is 4.54. The Bertz CT molecular complexity index is 268. The van der Waals surface area contributed by atoms with Crippen LogP contribution in [0.15, 0.2) is 5.38 Å². The molecule has 1 N–H and O–H groups in total. The molecular weight excluding hydrogens is 192 g/mol. The quantitative estimate of drug-likeness (QED) is 0.811. The predicted octanol–water partition coefficient (Wildman–Crippen LogP) is 3.15. The van der Waals surface area contributed by atoms with E-state index in [1.165, 1.54) is 5.69 Å². The van der Waals surface area contributed by atoms with E-state index in [1.807, 2.05) is 0 Å². The van der Waals surface area contributed by atoms with Gasteiger partial charge in [-0.05, 0) is 25.8 Å². The fourth-order valence-electron chi connectivity index (χ4n) is 1.57. The number of hydrogen-bond donors (Lipinski definition) is 1. The summed E-state index contributed by atoms with van der Waals surface area (Å²) in [4.78, 5) is 4.54. The van der Waals surface area contributed by atoms with Crippen LogP contribution >= 0.6 is 11.3 Å². The molecule has 0 aromatic carbocycles. The normalized spacial score (nSPS) is 13.5. The lowest BCUT2D eigenvalue weighted by atomic mass is 10.0. The van der Waals surface area contributed by atoms with Crippen molar-refractivity contribution in [2.75, 3.05) is 6.54 Å². The zero-order chi connectivity index (χ0) is 10.6. The topological polar surface area (TPSA) is 24.9 Å². The number of hydrogen-bond acceptors (Lipinski definition) is 3. The zero-order valence-corrected chi connectivity index (χ0v) is 10.3. The summed E-state index contributed by atoms with van der Waals surface area (Å²) < 4.78 is 0. The fraction of sp³-hybridized carbons (Fsp3) is 0.727. The molecule has 0 amide bonds. The highest BCUT2D eigenvalue weighted by Crippen LogP contribution is 2.22. The molecule has 0 saturated heterocycles. The van der Waals surface area contributed by atoms with E-state index < -0.39 is 0 Å². The Morgan fingerprint density at radius 2 is 2.21 bits per heavy atom.